The molecule has 0 fully saturated rings. The van der Waals surface area contributed by atoms with E-state index in [-0.39, 0.29) is 11.1 Å². The molecule has 0 bridgehead atoms. The summed E-state index contributed by atoms with van der Waals surface area (Å²) in [4.78, 5) is 25.3. The van der Waals surface area contributed by atoms with Crippen molar-refractivity contribution in [1.82, 2.24) is 0 Å². The molecule has 0 radical (unpaired) electrons. The number of hydrogen-bond donors (Lipinski definition) is 0. The van der Waals surface area contributed by atoms with E-state index in [4.69, 9.17) is 9.47 Å². The quantitative estimate of drug-likeness (QED) is 0.150. The van der Waals surface area contributed by atoms with Gasteiger partial charge in [-0.15, -0.1) is 6.54 Å². The number of esters is 2. The van der Waals surface area contributed by atoms with Crippen LogP contribution < -0.4 is 0 Å². The summed E-state index contributed by atoms with van der Waals surface area (Å²) in [6.07, 6.45) is 0. The zero-order valence-corrected chi connectivity index (χ0v) is 31.0. The second-order valence-electron chi connectivity index (χ2n) is 6.79. The number of carbonyl (C=O) groups is 2. The summed E-state index contributed by atoms with van der Waals surface area (Å²) in [6, 6.07) is 6.86. The van der Waals surface area contributed by atoms with Gasteiger partial charge in [-0.05, 0) is 160 Å². The molecule has 0 unspecified atom stereocenters. The van der Waals surface area contributed by atoms with Gasteiger partial charge in [-0.3, -0.25) is 0 Å². The molecule has 0 aliphatic heterocycles. The van der Waals surface area contributed by atoms with E-state index in [9.17, 15) is 31.2 Å². The Kier molecular flexibility index (Phi) is 13.4. The molecule has 0 N–H and O–H groups in total. The monoisotopic (exact) mass is 1200 g/mol. The SMILES string of the molecule is O=C(OCC(C[N-]S(=O)(=O)C(F)(F)F)COC(=O)c1cc(I)cc(I)c1I)c1cc(I)cc(I)c1I. The minimum Gasteiger partial charge on any atom is -0.541 e. The van der Waals surface area contributed by atoms with Gasteiger partial charge in [-0.25, -0.2) is 18.0 Å². The van der Waals surface area contributed by atoms with Crippen LogP contribution >= 0.6 is 136 Å². The van der Waals surface area contributed by atoms with E-state index in [0.717, 1.165) is 14.3 Å². The highest BCUT2D eigenvalue weighted by molar-refractivity contribution is 14.1. The van der Waals surface area contributed by atoms with Crippen LogP contribution in [0.4, 0.5) is 13.2 Å². The summed E-state index contributed by atoms with van der Waals surface area (Å²) >= 11 is 12.1. The number of carbonyl (C=O) groups excluding carboxylic acids is 2. The Morgan fingerprint density at radius 2 is 1.19 bits per heavy atom. The lowest BCUT2D eigenvalue weighted by Gasteiger charge is -2.27. The molecule has 0 atom stereocenters. The fraction of sp³-hybridized carbons (Fsp3) is 0.263. The largest absolute Gasteiger partial charge is 0.541 e. The molecule has 2 rings (SSSR count). The first kappa shape index (κ1) is 33.7. The van der Waals surface area contributed by atoms with Crippen molar-refractivity contribution in [3.05, 3.63) is 61.5 Å². The van der Waals surface area contributed by atoms with E-state index >= 15 is 0 Å². The van der Waals surface area contributed by atoms with Gasteiger partial charge in [0.1, 0.15) is 0 Å². The number of ether oxygens (including phenoxy) is 2. The van der Waals surface area contributed by atoms with Crippen molar-refractivity contribution < 1.29 is 40.7 Å². The van der Waals surface area contributed by atoms with Gasteiger partial charge in [0.05, 0.1) is 24.3 Å². The summed E-state index contributed by atoms with van der Waals surface area (Å²) in [5, 5.41) is 0. The molecular weight excluding hydrogens is 1190 g/mol. The Labute approximate surface area is 286 Å². The molecule has 0 saturated heterocycles. The molecule has 0 heterocycles. The lowest BCUT2D eigenvalue weighted by molar-refractivity contribution is -0.0428. The normalized spacial score (nSPS) is 12.1. The van der Waals surface area contributed by atoms with E-state index in [2.05, 4.69) is 4.72 Å². The zero-order chi connectivity index (χ0) is 27.4. The van der Waals surface area contributed by atoms with Gasteiger partial charge in [0.15, 0.2) is 10.0 Å². The molecule has 36 heavy (non-hydrogen) atoms. The van der Waals surface area contributed by atoms with Gasteiger partial charge < -0.3 is 14.2 Å². The Hall–Kier alpha value is 1.46. The number of nitrogens with zero attached hydrogens (tertiary/aromatic N) is 1. The topological polar surface area (TPSA) is 101 Å². The number of halogens is 9. The van der Waals surface area contributed by atoms with E-state index in [1.807, 2.05) is 148 Å². The fourth-order valence-corrected chi connectivity index (χ4v) is 7.69. The van der Waals surface area contributed by atoms with Crippen molar-refractivity contribution in [2.75, 3.05) is 19.8 Å². The van der Waals surface area contributed by atoms with Crippen molar-refractivity contribution >= 4 is 158 Å². The van der Waals surface area contributed by atoms with Gasteiger partial charge in [0.25, 0.3) is 0 Å². The summed E-state index contributed by atoms with van der Waals surface area (Å²) in [5.74, 6) is -2.66. The summed E-state index contributed by atoms with van der Waals surface area (Å²) in [6.45, 7) is -1.95. The maximum atomic E-state index is 12.7. The van der Waals surface area contributed by atoms with Crippen LogP contribution in [0.5, 0.6) is 0 Å². The third-order valence-electron chi connectivity index (χ3n) is 4.12. The fourth-order valence-electron chi connectivity index (χ4n) is 2.38. The smallest absolute Gasteiger partial charge is 0.480 e. The molecule has 0 saturated carbocycles. The van der Waals surface area contributed by atoms with Crippen LogP contribution in [-0.4, -0.2) is 45.6 Å². The van der Waals surface area contributed by atoms with Crippen LogP contribution in [0.15, 0.2) is 24.3 Å². The highest BCUT2D eigenvalue weighted by atomic mass is 127. The maximum absolute atomic E-state index is 12.7. The minimum atomic E-state index is -5.77. The average molecular weight is 1200 g/mol. The van der Waals surface area contributed by atoms with Crippen molar-refractivity contribution in [1.29, 1.82) is 0 Å². The van der Waals surface area contributed by atoms with E-state index in [1.165, 1.54) is 0 Å². The van der Waals surface area contributed by atoms with E-state index in [0.29, 0.717) is 7.14 Å². The third-order valence-corrected chi connectivity index (χ3v) is 12.5. The molecule has 2 aromatic carbocycles. The van der Waals surface area contributed by atoms with E-state index in [1.54, 1.807) is 12.1 Å². The molecule has 0 aliphatic carbocycles. The van der Waals surface area contributed by atoms with Crippen LogP contribution in [-0.2, 0) is 19.5 Å². The molecule has 0 spiro atoms. The Balaban J connectivity index is 2.19. The first-order valence-electron chi connectivity index (χ1n) is 9.17. The number of sulfonamides is 1. The van der Waals surface area contributed by atoms with Crippen molar-refractivity contribution in [2.45, 2.75) is 5.51 Å². The van der Waals surface area contributed by atoms with Crippen LogP contribution in [0, 0.1) is 27.3 Å². The molecule has 2 aromatic rings. The second-order valence-corrected chi connectivity index (χ2v) is 15.4. The number of hydrogen-bond acceptors (Lipinski definition) is 6. The molecule has 0 aromatic heterocycles. The molecule has 0 aliphatic rings. The first-order chi connectivity index (χ1) is 16.5. The second kappa shape index (κ2) is 14.4. The van der Waals surface area contributed by atoms with Crippen molar-refractivity contribution in [3.63, 3.8) is 0 Å². The molecule has 0 amide bonds. The molecule has 198 valence electrons. The first-order valence-corrected chi connectivity index (χ1v) is 17.1. The number of alkyl halides is 3. The van der Waals surface area contributed by atoms with Crippen LogP contribution in [0.1, 0.15) is 20.7 Å². The number of benzene rings is 2. The van der Waals surface area contributed by atoms with Crippen molar-refractivity contribution in [2.24, 2.45) is 5.92 Å². The minimum absolute atomic E-state index is 0.241. The highest BCUT2D eigenvalue weighted by Gasteiger charge is 2.38. The van der Waals surface area contributed by atoms with Crippen LogP contribution in [0.2, 0.25) is 0 Å². The lowest BCUT2D eigenvalue weighted by Crippen LogP contribution is -2.28. The van der Waals surface area contributed by atoms with Gasteiger partial charge >= 0.3 is 17.4 Å². The summed E-state index contributed by atoms with van der Waals surface area (Å²) in [5.41, 5.74) is -5.10. The lowest BCUT2D eigenvalue weighted by atomic mass is 10.1. The predicted molar refractivity (Wildman–Crippen MR) is 176 cm³/mol. The highest BCUT2D eigenvalue weighted by Crippen LogP contribution is 2.29. The average Bonchev–Trinajstić information content (AvgIpc) is 2.76. The van der Waals surface area contributed by atoms with Crippen LogP contribution in [0.25, 0.3) is 4.72 Å². The molecular formula is C19H11F3I6NO6S-. The standard InChI is InChI=1S/C19H11F3I6NO6S/c20-19(21,22)36(32,33)29-5-8(6-34-17(30)11-1-9(23)3-13(25)15(11)27)7-35-18(31)12-2-10(24)4-14(26)16(12)28/h1-4,8H,5-7H2/q-1. The third kappa shape index (κ3) is 9.53. The number of rotatable bonds is 9. The maximum Gasteiger partial charge on any atom is 0.480 e. The Morgan fingerprint density at radius 3 is 1.56 bits per heavy atom. The van der Waals surface area contributed by atoms with Gasteiger partial charge in [-0.2, -0.15) is 13.2 Å². The van der Waals surface area contributed by atoms with Gasteiger partial charge in [0, 0.05) is 27.3 Å². The Morgan fingerprint density at radius 1 is 0.806 bits per heavy atom. The van der Waals surface area contributed by atoms with Gasteiger partial charge in [-0.1, -0.05) is 0 Å². The van der Waals surface area contributed by atoms with Crippen LogP contribution in [0.3, 0.4) is 0 Å². The Bertz CT molecular complexity index is 1200. The summed E-state index contributed by atoms with van der Waals surface area (Å²) in [7, 11) is -5.77. The zero-order valence-electron chi connectivity index (χ0n) is 17.2. The van der Waals surface area contributed by atoms with Gasteiger partial charge in [0.2, 0.25) is 0 Å². The summed E-state index contributed by atoms with van der Waals surface area (Å²) < 4.78 is 78.7. The van der Waals surface area contributed by atoms with Crippen molar-refractivity contribution in [3.8, 4) is 0 Å². The van der Waals surface area contributed by atoms with E-state index < -0.39 is 53.1 Å². The predicted octanol–water partition coefficient (Wildman–Crippen LogP) is 7.17. The molecule has 17 heteroatoms. The molecule has 7 nitrogen and oxygen atoms in total.